The van der Waals surface area contributed by atoms with Crippen LogP contribution < -0.4 is 0 Å². The van der Waals surface area contributed by atoms with E-state index in [1.165, 1.54) is 6.08 Å². The van der Waals surface area contributed by atoms with E-state index in [-0.39, 0.29) is 5.92 Å². The van der Waals surface area contributed by atoms with Gasteiger partial charge in [0.15, 0.2) is 0 Å². The van der Waals surface area contributed by atoms with Crippen molar-refractivity contribution in [2.75, 3.05) is 0 Å². The number of hydrogen-bond acceptors (Lipinski definition) is 1. The van der Waals surface area contributed by atoms with E-state index in [2.05, 4.69) is 0 Å². The molecule has 1 fully saturated rings. The van der Waals surface area contributed by atoms with Crippen molar-refractivity contribution >= 4 is 5.78 Å². The van der Waals surface area contributed by atoms with Gasteiger partial charge in [0.2, 0.25) is 0 Å². The predicted molar refractivity (Wildman–Crippen MR) is 32.9 cm³/mol. The number of alkyl halides is 3. The Hall–Kier alpha value is -0.800. The summed E-state index contributed by atoms with van der Waals surface area (Å²) in [7, 11) is 0. The van der Waals surface area contributed by atoms with Crippen LogP contribution in [0.15, 0.2) is 12.2 Å². The summed E-state index contributed by atoms with van der Waals surface area (Å²) in [4.78, 5) is 10.2. The first-order valence-corrected chi connectivity index (χ1v) is 3.29. The highest BCUT2D eigenvalue weighted by atomic mass is 19.4. The Labute approximate surface area is 61.9 Å². The summed E-state index contributed by atoms with van der Waals surface area (Å²) in [5.41, 5.74) is 0. The smallest absolute Gasteiger partial charge is 0.285 e. The zero-order valence-corrected chi connectivity index (χ0v) is 5.69. The first kappa shape index (κ1) is 8.30. The van der Waals surface area contributed by atoms with Gasteiger partial charge in [-0.3, -0.25) is 4.79 Å². The maximum Gasteiger partial charge on any atom is 0.454 e. The summed E-state index contributed by atoms with van der Waals surface area (Å²) < 4.78 is 34.6. The molecule has 62 valence electrons. The highest BCUT2D eigenvalue weighted by molar-refractivity contribution is 5.94. The average Bonchev–Trinajstić information content (AvgIpc) is 2.62. The third kappa shape index (κ3) is 2.74. The van der Waals surface area contributed by atoms with E-state index < -0.39 is 12.0 Å². The Morgan fingerprint density at radius 2 is 1.91 bits per heavy atom. The van der Waals surface area contributed by atoms with Gasteiger partial charge in [-0.25, -0.2) is 0 Å². The van der Waals surface area contributed by atoms with Crippen LogP contribution in [0.1, 0.15) is 12.8 Å². The molecule has 0 bridgehead atoms. The molecule has 4 heteroatoms. The van der Waals surface area contributed by atoms with Crippen molar-refractivity contribution in [2.24, 2.45) is 5.92 Å². The number of carbonyl (C=O) groups excluding carboxylic acids is 1. The fraction of sp³-hybridized carbons (Fsp3) is 0.571. The minimum Gasteiger partial charge on any atom is -0.285 e. The molecular formula is C7H7F3O. The molecule has 0 heterocycles. The molecule has 0 amide bonds. The quantitative estimate of drug-likeness (QED) is 0.571. The third-order valence-electron chi connectivity index (χ3n) is 1.42. The minimum atomic E-state index is -4.70. The number of carbonyl (C=O) groups is 1. The topological polar surface area (TPSA) is 17.1 Å². The summed E-state index contributed by atoms with van der Waals surface area (Å²) in [6.07, 6.45) is -0.942. The van der Waals surface area contributed by atoms with Crippen molar-refractivity contribution in [1.82, 2.24) is 0 Å². The van der Waals surface area contributed by atoms with Crippen molar-refractivity contribution < 1.29 is 18.0 Å². The second-order valence-electron chi connectivity index (χ2n) is 2.56. The maximum absolute atomic E-state index is 11.5. The van der Waals surface area contributed by atoms with Gasteiger partial charge in [-0.05, 0) is 24.8 Å². The summed E-state index contributed by atoms with van der Waals surface area (Å²) in [6.45, 7) is 0. The van der Waals surface area contributed by atoms with Crippen LogP contribution in [0.5, 0.6) is 0 Å². The zero-order chi connectivity index (χ0) is 8.48. The molecule has 1 saturated carbocycles. The molecule has 0 spiro atoms. The molecule has 0 aliphatic heterocycles. The molecule has 0 saturated heterocycles. The van der Waals surface area contributed by atoms with Crippen LogP contribution in [0.4, 0.5) is 13.2 Å². The molecule has 0 N–H and O–H groups in total. The van der Waals surface area contributed by atoms with Gasteiger partial charge in [0.25, 0.3) is 5.78 Å². The van der Waals surface area contributed by atoms with Crippen molar-refractivity contribution in [1.29, 1.82) is 0 Å². The average molecular weight is 164 g/mol. The van der Waals surface area contributed by atoms with Gasteiger partial charge in [0.1, 0.15) is 0 Å². The fourth-order valence-electron chi connectivity index (χ4n) is 0.607. The Bertz CT molecular complexity index is 188. The highest BCUT2D eigenvalue weighted by Gasteiger charge is 2.36. The van der Waals surface area contributed by atoms with Crippen molar-refractivity contribution in [2.45, 2.75) is 19.0 Å². The summed E-state index contributed by atoms with van der Waals surface area (Å²) in [5.74, 6) is -1.55. The van der Waals surface area contributed by atoms with E-state index in [0.29, 0.717) is 6.08 Å². The highest BCUT2D eigenvalue weighted by Crippen LogP contribution is 2.30. The lowest BCUT2D eigenvalue weighted by Gasteiger charge is -1.98. The lowest BCUT2D eigenvalue weighted by Crippen LogP contribution is -2.19. The van der Waals surface area contributed by atoms with Gasteiger partial charge in [-0.2, -0.15) is 13.2 Å². The largest absolute Gasteiger partial charge is 0.454 e. The van der Waals surface area contributed by atoms with Gasteiger partial charge >= 0.3 is 6.18 Å². The first-order valence-electron chi connectivity index (χ1n) is 3.29. The third-order valence-corrected chi connectivity index (χ3v) is 1.42. The lowest BCUT2D eigenvalue weighted by molar-refractivity contribution is -0.165. The van der Waals surface area contributed by atoms with Crippen LogP contribution in [0, 0.1) is 5.92 Å². The fourth-order valence-corrected chi connectivity index (χ4v) is 0.607. The van der Waals surface area contributed by atoms with Gasteiger partial charge in [0.05, 0.1) is 0 Å². The second kappa shape index (κ2) is 2.68. The van der Waals surface area contributed by atoms with Crippen LogP contribution in [0.2, 0.25) is 0 Å². The normalized spacial score (nSPS) is 19.2. The molecule has 0 atom stereocenters. The standard InChI is InChI=1S/C7H7F3O/c8-7(9,10)6(11)4-3-5-1-2-5/h3-5H,1-2H2. The maximum atomic E-state index is 11.5. The van der Waals surface area contributed by atoms with Gasteiger partial charge in [0, 0.05) is 0 Å². The van der Waals surface area contributed by atoms with E-state index in [1.807, 2.05) is 0 Å². The molecule has 0 aromatic heterocycles. The Balaban J connectivity index is 2.41. The van der Waals surface area contributed by atoms with Crippen molar-refractivity contribution in [3.05, 3.63) is 12.2 Å². The van der Waals surface area contributed by atoms with Gasteiger partial charge in [-0.1, -0.05) is 6.08 Å². The molecule has 1 aliphatic carbocycles. The van der Waals surface area contributed by atoms with Crippen LogP contribution in [0.25, 0.3) is 0 Å². The van der Waals surface area contributed by atoms with E-state index in [4.69, 9.17) is 0 Å². The van der Waals surface area contributed by atoms with Gasteiger partial charge in [-0.15, -0.1) is 0 Å². The van der Waals surface area contributed by atoms with E-state index >= 15 is 0 Å². The Morgan fingerprint density at radius 1 is 1.36 bits per heavy atom. The van der Waals surface area contributed by atoms with Crippen LogP contribution >= 0.6 is 0 Å². The summed E-state index contributed by atoms with van der Waals surface area (Å²) in [5, 5.41) is 0. The first-order chi connectivity index (χ1) is 5.00. The Kier molecular flexibility index (Phi) is 2.02. The second-order valence-corrected chi connectivity index (χ2v) is 2.56. The number of rotatable bonds is 2. The zero-order valence-electron chi connectivity index (χ0n) is 5.69. The number of ketones is 1. The molecular weight excluding hydrogens is 157 g/mol. The van der Waals surface area contributed by atoms with Crippen LogP contribution in [-0.2, 0) is 4.79 Å². The van der Waals surface area contributed by atoms with Crippen molar-refractivity contribution in [3.8, 4) is 0 Å². The monoisotopic (exact) mass is 164 g/mol. The SMILES string of the molecule is O=C(C=CC1CC1)C(F)(F)F. The van der Waals surface area contributed by atoms with E-state index in [9.17, 15) is 18.0 Å². The lowest BCUT2D eigenvalue weighted by atomic mass is 10.3. The number of hydrogen-bond donors (Lipinski definition) is 0. The molecule has 0 aromatic rings. The van der Waals surface area contributed by atoms with Crippen LogP contribution in [0.3, 0.4) is 0 Å². The van der Waals surface area contributed by atoms with E-state index in [1.54, 1.807) is 0 Å². The molecule has 1 aliphatic rings. The minimum absolute atomic E-state index is 0.210. The number of halogens is 3. The van der Waals surface area contributed by atoms with Gasteiger partial charge < -0.3 is 0 Å². The summed E-state index contributed by atoms with van der Waals surface area (Å²) in [6, 6.07) is 0. The summed E-state index contributed by atoms with van der Waals surface area (Å²) >= 11 is 0. The van der Waals surface area contributed by atoms with Crippen molar-refractivity contribution in [3.63, 3.8) is 0 Å². The molecule has 0 aromatic carbocycles. The van der Waals surface area contributed by atoms with E-state index in [0.717, 1.165) is 12.8 Å². The molecule has 0 unspecified atom stereocenters. The number of allylic oxidation sites excluding steroid dienone is 2. The predicted octanol–water partition coefficient (Wildman–Crippen LogP) is 2.08. The molecule has 11 heavy (non-hydrogen) atoms. The molecule has 1 nitrogen and oxygen atoms in total. The molecule has 1 rings (SSSR count). The van der Waals surface area contributed by atoms with Crippen LogP contribution in [-0.4, -0.2) is 12.0 Å². The molecule has 0 radical (unpaired) electrons. The Morgan fingerprint density at radius 3 is 2.27 bits per heavy atom.